The first-order valence-electron chi connectivity index (χ1n) is 4.49. The molecule has 6 N–H and O–H groups in total. The Balaban J connectivity index is 2.53. The zero-order chi connectivity index (χ0) is 10.8. The van der Waals surface area contributed by atoms with Crippen LogP contribution in [0.15, 0.2) is 4.99 Å². The minimum absolute atomic E-state index is 0.0260. The molecule has 1 rings (SSSR count). The molecule has 0 aromatic rings. The summed E-state index contributed by atoms with van der Waals surface area (Å²) in [6.45, 7) is 1.79. The van der Waals surface area contributed by atoms with Gasteiger partial charge in [0, 0.05) is 5.25 Å². The smallest absolute Gasteiger partial charge is 0.193 e. The van der Waals surface area contributed by atoms with Gasteiger partial charge in [-0.3, -0.25) is 5.41 Å². The molecule has 2 atom stereocenters. The first-order chi connectivity index (χ1) is 6.42. The SMILES string of the molecule is CC1(O)CCCC1SC(=N)N=C(N)N. The number of nitrogens with two attached hydrogens (primary N) is 2. The minimum Gasteiger partial charge on any atom is -0.389 e. The van der Waals surface area contributed by atoms with Crippen LogP contribution in [-0.4, -0.2) is 27.1 Å². The van der Waals surface area contributed by atoms with Gasteiger partial charge in [0.2, 0.25) is 0 Å². The molecular weight excluding hydrogens is 200 g/mol. The lowest BCUT2D eigenvalue weighted by atomic mass is 10.1. The van der Waals surface area contributed by atoms with Gasteiger partial charge < -0.3 is 16.6 Å². The van der Waals surface area contributed by atoms with Crippen LogP contribution in [0.25, 0.3) is 0 Å². The highest BCUT2D eigenvalue weighted by molar-refractivity contribution is 8.14. The topological polar surface area (TPSA) is 108 Å². The maximum Gasteiger partial charge on any atom is 0.193 e. The van der Waals surface area contributed by atoms with E-state index in [-0.39, 0.29) is 16.4 Å². The van der Waals surface area contributed by atoms with Crippen LogP contribution in [0.3, 0.4) is 0 Å². The number of hydrogen-bond donors (Lipinski definition) is 4. The lowest BCUT2D eigenvalue weighted by molar-refractivity contribution is 0.0736. The lowest BCUT2D eigenvalue weighted by Gasteiger charge is -2.23. The molecule has 1 aliphatic rings. The number of aliphatic imine (C=N–C) groups is 1. The third-order valence-electron chi connectivity index (χ3n) is 2.33. The van der Waals surface area contributed by atoms with Crippen molar-refractivity contribution in [3.05, 3.63) is 0 Å². The number of rotatable bonds is 1. The third kappa shape index (κ3) is 2.88. The van der Waals surface area contributed by atoms with Crippen molar-refractivity contribution in [3.8, 4) is 0 Å². The Morgan fingerprint density at radius 2 is 2.29 bits per heavy atom. The van der Waals surface area contributed by atoms with Crippen LogP contribution in [0.2, 0.25) is 0 Å². The molecule has 0 saturated heterocycles. The zero-order valence-electron chi connectivity index (χ0n) is 8.16. The van der Waals surface area contributed by atoms with Crippen molar-refractivity contribution in [1.82, 2.24) is 0 Å². The highest BCUT2D eigenvalue weighted by Gasteiger charge is 2.37. The number of hydrogen-bond acceptors (Lipinski definition) is 3. The summed E-state index contributed by atoms with van der Waals surface area (Å²) in [5.74, 6) is -0.111. The number of amidine groups is 1. The molecule has 80 valence electrons. The molecule has 0 bridgehead atoms. The second kappa shape index (κ2) is 4.18. The van der Waals surface area contributed by atoms with E-state index in [1.165, 1.54) is 11.8 Å². The van der Waals surface area contributed by atoms with Crippen molar-refractivity contribution >= 4 is 22.9 Å². The Labute approximate surface area is 87.5 Å². The van der Waals surface area contributed by atoms with Crippen molar-refractivity contribution in [2.75, 3.05) is 0 Å². The molecule has 0 aromatic heterocycles. The van der Waals surface area contributed by atoms with Gasteiger partial charge in [0.05, 0.1) is 5.60 Å². The Kier molecular flexibility index (Phi) is 3.38. The number of thioether (sulfide) groups is 1. The van der Waals surface area contributed by atoms with Gasteiger partial charge >= 0.3 is 0 Å². The average molecular weight is 216 g/mol. The lowest BCUT2D eigenvalue weighted by Crippen LogP contribution is -2.32. The molecule has 0 spiro atoms. The zero-order valence-corrected chi connectivity index (χ0v) is 8.97. The van der Waals surface area contributed by atoms with Crippen molar-refractivity contribution in [3.63, 3.8) is 0 Å². The Morgan fingerprint density at radius 3 is 2.71 bits per heavy atom. The van der Waals surface area contributed by atoms with Crippen LogP contribution in [0, 0.1) is 5.41 Å². The van der Waals surface area contributed by atoms with Gasteiger partial charge in [0.25, 0.3) is 0 Å². The number of guanidine groups is 1. The molecule has 0 amide bonds. The van der Waals surface area contributed by atoms with Gasteiger partial charge in [-0.2, -0.15) is 4.99 Å². The van der Waals surface area contributed by atoms with Crippen LogP contribution in [0.4, 0.5) is 0 Å². The fourth-order valence-electron chi connectivity index (χ4n) is 1.58. The van der Waals surface area contributed by atoms with Gasteiger partial charge in [-0.1, -0.05) is 11.8 Å². The van der Waals surface area contributed by atoms with Crippen molar-refractivity contribution in [1.29, 1.82) is 5.41 Å². The summed E-state index contributed by atoms with van der Waals surface area (Å²) in [5.41, 5.74) is 9.59. The molecular formula is C8H16N4OS. The molecule has 0 aliphatic heterocycles. The average Bonchev–Trinajstić information content (AvgIpc) is 2.29. The number of nitrogens with zero attached hydrogens (tertiary/aromatic N) is 1. The van der Waals surface area contributed by atoms with Gasteiger partial charge in [-0.15, -0.1) is 0 Å². The standard InChI is InChI=1S/C8H16N4OS/c1-8(13)4-2-3-5(8)14-7(11)12-6(9)10/h5,13H,2-4H2,1H3,(H5,9,10,11,12). The summed E-state index contributed by atoms with van der Waals surface area (Å²) in [6.07, 6.45) is 2.67. The van der Waals surface area contributed by atoms with Crippen LogP contribution < -0.4 is 11.5 Å². The van der Waals surface area contributed by atoms with E-state index in [1.54, 1.807) is 6.92 Å². The van der Waals surface area contributed by atoms with E-state index in [0.717, 1.165) is 19.3 Å². The van der Waals surface area contributed by atoms with Crippen molar-refractivity contribution in [2.45, 2.75) is 37.0 Å². The first kappa shape index (κ1) is 11.3. The maximum absolute atomic E-state index is 9.91. The molecule has 14 heavy (non-hydrogen) atoms. The summed E-state index contributed by atoms with van der Waals surface area (Å²) in [7, 11) is 0. The quantitative estimate of drug-likeness (QED) is 0.371. The minimum atomic E-state index is -0.699. The van der Waals surface area contributed by atoms with Gasteiger partial charge in [-0.05, 0) is 26.2 Å². The van der Waals surface area contributed by atoms with Crippen molar-refractivity contribution < 1.29 is 5.11 Å². The van der Waals surface area contributed by atoms with E-state index in [4.69, 9.17) is 16.9 Å². The predicted octanol–water partition coefficient (Wildman–Crippen LogP) is 0.231. The Morgan fingerprint density at radius 1 is 1.64 bits per heavy atom. The Bertz CT molecular complexity index is 260. The fourth-order valence-corrected chi connectivity index (χ4v) is 2.67. The first-order valence-corrected chi connectivity index (χ1v) is 5.37. The molecule has 6 heteroatoms. The largest absolute Gasteiger partial charge is 0.389 e. The van der Waals surface area contributed by atoms with E-state index in [2.05, 4.69) is 4.99 Å². The summed E-state index contributed by atoms with van der Waals surface area (Å²) in [6, 6.07) is 0. The van der Waals surface area contributed by atoms with Crippen LogP contribution in [0.5, 0.6) is 0 Å². The van der Waals surface area contributed by atoms with Crippen LogP contribution in [-0.2, 0) is 0 Å². The highest BCUT2D eigenvalue weighted by Crippen LogP contribution is 2.38. The molecule has 0 heterocycles. The van der Waals surface area contributed by atoms with E-state index < -0.39 is 5.60 Å². The van der Waals surface area contributed by atoms with E-state index in [1.807, 2.05) is 0 Å². The van der Waals surface area contributed by atoms with Gasteiger partial charge in [0.1, 0.15) is 0 Å². The van der Waals surface area contributed by atoms with E-state index >= 15 is 0 Å². The summed E-state index contributed by atoms with van der Waals surface area (Å²) < 4.78 is 0. The normalized spacial score (nSPS) is 31.4. The molecule has 1 saturated carbocycles. The van der Waals surface area contributed by atoms with E-state index in [9.17, 15) is 5.11 Å². The molecule has 5 nitrogen and oxygen atoms in total. The Hall–Kier alpha value is -0.750. The third-order valence-corrected chi connectivity index (χ3v) is 3.67. The second-order valence-electron chi connectivity index (χ2n) is 3.70. The van der Waals surface area contributed by atoms with Gasteiger partial charge in [0.15, 0.2) is 11.1 Å². The monoisotopic (exact) mass is 216 g/mol. The number of aliphatic hydroxyl groups is 1. The predicted molar refractivity (Wildman–Crippen MR) is 59.4 cm³/mol. The molecule has 1 aliphatic carbocycles. The van der Waals surface area contributed by atoms with E-state index in [0.29, 0.717) is 0 Å². The molecule has 0 aromatic carbocycles. The summed E-state index contributed by atoms with van der Waals surface area (Å²) >= 11 is 1.23. The fraction of sp³-hybridized carbons (Fsp3) is 0.750. The summed E-state index contributed by atoms with van der Waals surface area (Å²) in [4.78, 5) is 3.61. The van der Waals surface area contributed by atoms with Gasteiger partial charge in [-0.25, -0.2) is 0 Å². The van der Waals surface area contributed by atoms with Crippen LogP contribution >= 0.6 is 11.8 Å². The highest BCUT2D eigenvalue weighted by atomic mass is 32.2. The maximum atomic E-state index is 9.91. The summed E-state index contributed by atoms with van der Waals surface area (Å²) in [5, 5.41) is 17.5. The van der Waals surface area contributed by atoms with Crippen LogP contribution in [0.1, 0.15) is 26.2 Å². The molecule has 1 fully saturated rings. The molecule has 0 radical (unpaired) electrons. The number of nitrogens with one attached hydrogen (secondary N) is 1. The van der Waals surface area contributed by atoms with Crippen molar-refractivity contribution in [2.24, 2.45) is 16.5 Å². The second-order valence-corrected chi connectivity index (χ2v) is 4.89. The molecule has 2 unspecified atom stereocenters.